The average molecular weight is 364 g/mol. The molecule has 0 bridgehead atoms. The molecule has 0 rings (SSSR count). The second kappa shape index (κ2) is 12.0. The van der Waals surface area contributed by atoms with Gasteiger partial charge in [0.1, 0.15) is 12.4 Å². The Morgan fingerprint density at radius 1 is 1.17 bits per heavy atom. The maximum atomic E-state index is 11.1. The molecule has 24 heavy (non-hydrogen) atoms. The van der Waals surface area contributed by atoms with Crippen LogP contribution in [0, 0.1) is 0 Å². The van der Waals surface area contributed by atoms with E-state index in [1.165, 1.54) is 13.2 Å². The molecule has 0 aromatic carbocycles. The minimum absolute atomic E-state index is 0.0159. The molecule has 10 heteroatoms. The van der Waals surface area contributed by atoms with Crippen LogP contribution in [-0.4, -0.2) is 55.5 Å². The predicted molar refractivity (Wildman–Crippen MR) is 84.7 cm³/mol. The van der Waals surface area contributed by atoms with Gasteiger partial charge in [-0.3, -0.25) is 4.55 Å². The van der Waals surface area contributed by atoms with E-state index in [1.807, 2.05) is 0 Å². The van der Waals surface area contributed by atoms with Crippen molar-refractivity contribution in [3.63, 3.8) is 0 Å². The standard InChI is InChI=1S/C9H12O7S.C5H8O2/c1-7(3-2-4-8(10)11)9(12)16-5-6-17(13,14)15;1-4(2)5(6)7-3/h2,4H,1,3,5-6H2,(H,10,11)(H,13,14,15);1H2,2-3H3. The molecule has 0 atom stereocenters. The topological polar surface area (TPSA) is 144 Å². The van der Waals surface area contributed by atoms with Gasteiger partial charge in [0.25, 0.3) is 10.1 Å². The van der Waals surface area contributed by atoms with E-state index in [0.29, 0.717) is 5.57 Å². The maximum absolute atomic E-state index is 11.1. The van der Waals surface area contributed by atoms with Crippen molar-refractivity contribution in [3.8, 4) is 0 Å². The molecule has 0 saturated heterocycles. The molecule has 0 fully saturated rings. The Kier molecular flexibility index (Phi) is 11.9. The molecule has 0 aromatic rings. The largest absolute Gasteiger partial charge is 0.478 e. The predicted octanol–water partition coefficient (Wildman–Crippen LogP) is 0.740. The van der Waals surface area contributed by atoms with Gasteiger partial charge >= 0.3 is 17.9 Å². The third-order valence-electron chi connectivity index (χ3n) is 2.02. The number of methoxy groups -OCH3 is 1. The molecule has 0 unspecified atom stereocenters. The van der Waals surface area contributed by atoms with Crippen LogP contribution in [0.3, 0.4) is 0 Å². The lowest BCUT2D eigenvalue weighted by molar-refractivity contribution is -0.138. The molecular weight excluding hydrogens is 344 g/mol. The Hall–Kier alpha value is -2.46. The van der Waals surface area contributed by atoms with Gasteiger partial charge in [-0.2, -0.15) is 8.42 Å². The van der Waals surface area contributed by atoms with E-state index in [2.05, 4.69) is 22.6 Å². The maximum Gasteiger partial charge on any atom is 0.333 e. The number of rotatable bonds is 8. The van der Waals surface area contributed by atoms with Crippen LogP contribution in [0.4, 0.5) is 0 Å². The summed E-state index contributed by atoms with van der Waals surface area (Å²) in [5, 5.41) is 8.27. The van der Waals surface area contributed by atoms with Crippen LogP contribution in [-0.2, 0) is 34.0 Å². The first kappa shape index (κ1) is 23.8. The highest BCUT2D eigenvalue weighted by atomic mass is 32.2. The summed E-state index contributed by atoms with van der Waals surface area (Å²) in [6.07, 6.45) is 2.03. The Morgan fingerprint density at radius 2 is 1.71 bits per heavy atom. The van der Waals surface area contributed by atoms with Crippen molar-refractivity contribution in [1.82, 2.24) is 0 Å². The van der Waals surface area contributed by atoms with Crippen molar-refractivity contribution in [2.45, 2.75) is 13.3 Å². The van der Waals surface area contributed by atoms with Crippen molar-refractivity contribution in [2.24, 2.45) is 0 Å². The first-order valence-electron chi connectivity index (χ1n) is 6.34. The van der Waals surface area contributed by atoms with Gasteiger partial charge in [-0.15, -0.1) is 0 Å². The molecule has 0 aromatic heterocycles. The van der Waals surface area contributed by atoms with Gasteiger partial charge in [0, 0.05) is 17.2 Å². The minimum Gasteiger partial charge on any atom is -0.478 e. The number of hydrogen-bond acceptors (Lipinski definition) is 7. The zero-order valence-corrected chi connectivity index (χ0v) is 14.2. The van der Waals surface area contributed by atoms with Crippen molar-refractivity contribution in [2.75, 3.05) is 19.5 Å². The summed E-state index contributed by atoms with van der Waals surface area (Å²) >= 11 is 0. The molecule has 9 nitrogen and oxygen atoms in total. The van der Waals surface area contributed by atoms with Gasteiger partial charge in [-0.1, -0.05) is 19.2 Å². The van der Waals surface area contributed by atoms with Crippen molar-refractivity contribution < 1.29 is 41.9 Å². The SMILES string of the molecule is C=C(C)C(=O)OC.C=C(CC=CC(=O)O)C(=O)OCCS(=O)(=O)O. The number of carbonyl (C=O) groups excluding carboxylic acids is 2. The van der Waals surface area contributed by atoms with E-state index in [4.69, 9.17) is 9.66 Å². The van der Waals surface area contributed by atoms with Crippen LogP contribution in [0.2, 0.25) is 0 Å². The van der Waals surface area contributed by atoms with Crippen molar-refractivity contribution >= 4 is 28.0 Å². The van der Waals surface area contributed by atoms with Crippen LogP contribution in [0.1, 0.15) is 13.3 Å². The van der Waals surface area contributed by atoms with E-state index in [0.717, 1.165) is 6.08 Å². The first-order chi connectivity index (χ1) is 10.9. The lowest BCUT2D eigenvalue weighted by Crippen LogP contribution is -2.15. The summed E-state index contributed by atoms with van der Waals surface area (Å²) in [5.74, 6) is -3.04. The summed E-state index contributed by atoms with van der Waals surface area (Å²) in [6, 6.07) is 0. The molecule has 0 spiro atoms. The Morgan fingerprint density at radius 3 is 2.04 bits per heavy atom. The number of aliphatic carboxylic acids is 1. The third-order valence-corrected chi connectivity index (χ3v) is 2.70. The normalized spacial score (nSPS) is 10.3. The van der Waals surface area contributed by atoms with Gasteiger partial charge in [0.2, 0.25) is 0 Å². The Balaban J connectivity index is 0. The number of carboxylic acid groups (broad SMARTS) is 1. The molecular formula is C14H20O9S. The lowest BCUT2D eigenvalue weighted by Gasteiger charge is -2.03. The zero-order chi connectivity index (χ0) is 19.3. The monoisotopic (exact) mass is 364 g/mol. The van der Waals surface area contributed by atoms with Crippen molar-refractivity contribution in [3.05, 3.63) is 36.5 Å². The Labute approximate surface area is 140 Å². The fraction of sp³-hybridized carbons (Fsp3) is 0.357. The summed E-state index contributed by atoms with van der Waals surface area (Å²) in [6.45, 7) is 7.80. The minimum atomic E-state index is -4.17. The molecule has 2 N–H and O–H groups in total. The molecule has 0 aliphatic carbocycles. The van der Waals surface area contributed by atoms with E-state index in [9.17, 15) is 22.8 Å². The van der Waals surface area contributed by atoms with E-state index in [-0.39, 0.29) is 18.0 Å². The van der Waals surface area contributed by atoms with E-state index < -0.39 is 34.4 Å². The average Bonchev–Trinajstić information content (AvgIpc) is 2.44. The summed E-state index contributed by atoms with van der Waals surface area (Å²) in [7, 11) is -2.84. The highest BCUT2D eigenvalue weighted by Gasteiger charge is 2.10. The number of carbonyl (C=O) groups is 3. The van der Waals surface area contributed by atoms with Gasteiger partial charge in [0.05, 0.1) is 7.11 Å². The molecule has 0 radical (unpaired) electrons. The summed E-state index contributed by atoms with van der Waals surface area (Å²) in [5.41, 5.74) is 0.417. The smallest absolute Gasteiger partial charge is 0.333 e. The second-order valence-corrected chi connectivity index (χ2v) is 5.81. The molecule has 136 valence electrons. The number of carboxylic acids is 1. The fourth-order valence-corrected chi connectivity index (χ4v) is 1.20. The van der Waals surface area contributed by atoms with Crippen LogP contribution < -0.4 is 0 Å². The van der Waals surface area contributed by atoms with Crippen LogP contribution in [0.5, 0.6) is 0 Å². The van der Waals surface area contributed by atoms with E-state index in [1.54, 1.807) is 6.92 Å². The highest BCUT2D eigenvalue weighted by Crippen LogP contribution is 2.02. The van der Waals surface area contributed by atoms with Gasteiger partial charge < -0.3 is 14.6 Å². The second-order valence-electron chi connectivity index (χ2n) is 4.24. The number of allylic oxidation sites excluding steroid dienone is 1. The summed E-state index contributed by atoms with van der Waals surface area (Å²) < 4.78 is 37.7. The first-order valence-corrected chi connectivity index (χ1v) is 7.95. The van der Waals surface area contributed by atoms with Crippen LogP contribution in [0.25, 0.3) is 0 Å². The Bertz CT molecular complexity index is 614. The third kappa shape index (κ3) is 15.9. The van der Waals surface area contributed by atoms with Gasteiger partial charge in [-0.25, -0.2) is 14.4 Å². The molecule has 0 saturated carbocycles. The van der Waals surface area contributed by atoms with Gasteiger partial charge in [0.15, 0.2) is 0 Å². The quantitative estimate of drug-likeness (QED) is 0.362. The lowest BCUT2D eigenvalue weighted by atomic mass is 10.2. The van der Waals surface area contributed by atoms with Gasteiger partial charge in [-0.05, 0) is 13.3 Å². The molecule has 0 amide bonds. The van der Waals surface area contributed by atoms with Crippen molar-refractivity contribution in [1.29, 1.82) is 0 Å². The molecule has 0 aliphatic heterocycles. The molecule has 0 aliphatic rings. The molecule has 0 heterocycles. The number of esters is 2. The highest BCUT2D eigenvalue weighted by molar-refractivity contribution is 7.85. The van der Waals surface area contributed by atoms with Crippen LogP contribution >= 0.6 is 0 Å². The zero-order valence-electron chi connectivity index (χ0n) is 13.4. The fourth-order valence-electron chi connectivity index (χ4n) is 0.901. The number of hydrogen-bond donors (Lipinski definition) is 2. The summed E-state index contributed by atoms with van der Waals surface area (Å²) in [4.78, 5) is 31.4. The van der Waals surface area contributed by atoms with Crippen LogP contribution in [0.15, 0.2) is 36.5 Å². The van der Waals surface area contributed by atoms with E-state index >= 15 is 0 Å². The number of ether oxygens (including phenoxy) is 2.